The van der Waals surface area contributed by atoms with Crippen molar-refractivity contribution in [3.8, 4) is 0 Å². The molecule has 98 valence electrons. The minimum Gasteiger partial charge on any atom is -0.309 e. The molecule has 0 aliphatic rings. The van der Waals surface area contributed by atoms with Gasteiger partial charge in [-0.1, -0.05) is 13.8 Å². The Morgan fingerprint density at radius 2 is 2.00 bits per heavy atom. The van der Waals surface area contributed by atoms with Crippen molar-refractivity contribution in [1.82, 2.24) is 19.8 Å². The van der Waals surface area contributed by atoms with Crippen molar-refractivity contribution >= 4 is 10.0 Å². The van der Waals surface area contributed by atoms with E-state index in [9.17, 15) is 8.42 Å². The third-order valence-corrected chi connectivity index (χ3v) is 4.40. The predicted octanol–water partition coefficient (Wildman–Crippen LogP) is 0.466. The number of nitrogens with zero attached hydrogens (tertiary/aromatic N) is 2. The van der Waals surface area contributed by atoms with Gasteiger partial charge in [-0.15, -0.1) is 0 Å². The zero-order valence-corrected chi connectivity index (χ0v) is 11.7. The Kier molecular flexibility index (Phi) is 4.29. The number of aryl methyl sites for hydroxylation is 1. The predicted molar refractivity (Wildman–Crippen MR) is 66.2 cm³/mol. The van der Waals surface area contributed by atoms with Gasteiger partial charge in [0.1, 0.15) is 4.90 Å². The highest BCUT2D eigenvalue weighted by molar-refractivity contribution is 7.89. The van der Waals surface area contributed by atoms with Crippen LogP contribution in [-0.2, 0) is 16.6 Å². The number of H-pyrrole nitrogens is 1. The molecule has 0 amide bonds. The third-order valence-electron chi connectivity index (χ3n) is 2.38. The van der Waals surface area contributed by atoms with Gasteiger partial charge in [-0.2, -0.15) is 5.10 Å². The fourth-order valence-corrected chi connectivity index (χ4v) is 2.63. The largest absolute Gasteiger partial charge is 0.309 e. The van der Waals surface area contributed by atoms with Crippen LogP contribution in [0, 0.1) is 6.92 Å². The monoisotopic (exact) mass is 260 g/mol. The molecule has 0 saturated carbocycles. The Balaban J connectivity index is 3.11. The molecule has 0 aromatic carbocycles. The number of aromatic nitrogens is 2. The molecule has 17 heavy (non-hydrogen) atoms. The van der Waals surface area contributed by atoms with Crippen LogP contribution < -0.4 is 5.32 Å². The molecule has 0 bridgehead atoms. The first kappa shape index (κ1) is 14.1. The number of sulfonamides is 1. The molecule has 6 nitrogen and oxygen atoms in total. The van der Waals surface area contributed by atoms with E-state index in [1.807, 2.05) is 13.8 Å². The van der Waals surface area contributed by atoms with Crippen LogP contribution in [0.1, 0.15) is 25.2 Å². The van der Waals surface area contributed by atoms with Crippen LogP contribution in [0.3, 0.4) is 0 Å². The average molecular weight is 260 g/mol. The summed E-state index contributed by atoms with van der Waals surface area (Å²) in [5.74, 6) is 0. The summed E-state index contributed by atoms with van der Waals surface area (Å²) < 4.78 is 25.4. The zero-order valence-electron chi connectivity index (χ0n) is 10.9. The number of hydrogen-bond acceptors (Lipinski definition) is 4. The van der Waals surface area contributed by atoms with E-state index >= 15 is 0 Å². The first-order valence-electron chi connectivity index (χ1n) is 5.46. The second kappa shape index (κ2) is 5.16. The summed E-state index contributed by atoms with van der Waals surface area (Å²) >= 11 is 0. The maximum Gasteiger partial charge on any atom is 0.246 e. The summed E-state index contributed by atoms with van der Waals surface area (Å²) in [7, 11) is -0.413. The lowest BCUT2D eigenvalue weighted by Gasteiger charge is -2.13. The molecule has 0 radical (unpaired) electrons. The normalized spacial score (nSPS) is 12.6. The van der Waals surface area contributed by atoms with E-state index in [1.54, 1.807) is 6.92 Å². The van der Waals surface area contributed by atoms with Crippen molar-refractivity contribution in [1.29, 1.82) is 0 Å². The summed E-state index contributed by atoms with van der Waals surface area (Å²) in [5.41, 5.74) is 1.10. The lowest BCUT2D eigenvalue weighted by molar-refractivity contribution is 0.516. The Hall–Kier alpha value is -0.920. The first-order valence-corrected chi connectivity index (χ1v) is 6.90. The van der Waals surface area contributed by atoms with Crippen molar-refractivity contribution < 1.29 is 8.42 Å². The summed E-state index contributed by atoms with van der Waals surface area (Å²) in [5, 5.41) is 9.93. The van der Waals surface area contributed by atoms with Crippen LogP contribution in [0.25, 0.3) is 0 Å². The van der Waals surface area contributed by atoms with Gasteiger partial charge in [0.2, 0.25) is 10.0 Å². The molecule has 2 N–H and O–H groups in total. The van der Waals surface area contributed by atoms with E-state index in [0.29, 0.717) is 17.9 Å². The van der Waals surface area contributed by atoms with Gasteiger partial charge >= 0.3 is 0 Å². The Labute approximate surface area is 102 Å². The Bertz CT molecular complexity index is 476. The van der Waals surface area contributed by atoms with Crippen molar-refractivity contribution in [2.45, 2.75) is 38.3 Å². The quantitative estimate of drug-likeness (QED) is 0.806. The highest BCUT2D eigenvalue weighted by Crippen LogP contribution is 2.20. The van der Waals surface area contributed by atoms with E-state index in [1.165, 1.54) is 18.4 Å². The fraction of sp³-hybridized carbons (Fsp3) is 0.700. The number of hydrogen-bond donors (Lipinski definition) is 2. The third kappa shape index (κ3) is 3.05. The van der Waals surface area contributed by atoms with Crippen LogP contribution in [0.5, 0.6) is 0 Å². The van der Waals surface area contributed by atoms with Crippen LogP contribution in [-0.4, -0.2) is 43.1 Å². The van der Waals surface area contributed by atoms with E-state index in [0.717, 1.165) is 0 Å². The fourth-order valence-electron chi connectivity index (χ4n) is 1.41. The second-order valence-electron chi connectivity index (χ2n) is 4.45. The minimum atomic E-state index is -3.44. The van der Waals surface area contributed by atoms with Gasteiger partial charge in [-0.25, -0.2) is 12.7 Å². The molecule has 0 aliphatic carbocycles. The van der Waals surface area contributed by atoms with Gasteiger partial charge in [-0.05, 0) is 6.92 Å². The minimum absolute atomic E-state index is 0.274. The maximum absolute atomic E-state index is 12.1. The van der Waals surface area contributed by atoms with Gasteiger partial charge in [-0.3, -0.25) is 5.10 Å². The Morgan fingerprint density at radius 3 is 2.47 bits per heavy atom. The number of aromatic amines is 1. The molecule has 0 spiro atoms. The molecule has 1 aromatic rings. The smallest absolute Gasteiger partial charge is 0.246 e. The van der Waals surface area contributed by atoms with Crippen molar-refractivity contribution in [3.63, 3.8) is 0 Å². The molecule has 0 aliphatic heterocycles. The lowest BCUT2D eigenvalue weighted by Crippen LogP contribution is -2.26. The van der Waals surface area contributed by atoms with Crippen LogP contribution in [0.15, 0.2) is 4.90 Å². The highest BCUT2D eigenvalue weighted by atomic mass is 32.2. The van der Waals surface area contributed by atoms with Crippen molar-refractivity contribution in [2.24, 2.45) is 0 Å². The lowest BCUT2D eigenvalue weighted by atomic mass is 10.3. The summed E-state index contributed by atoms with van der Waals surface area (Å²) in [6, 6.07) is 0.280. The van der Waals surface area contributed by atoms with Crippen LogP contribution >= 0.6 is 0 Å². The van der Waals surface area contributed by atoms with Gasteiger partial charge in [0.05, 0.1) is 11.4 Å². The summed E-state index contributed by atoms with van der Waals surface area (Å²) in [4.78, 5) is 0.274. The molecule has 0 fully saturated rings. The summed E-state index contributed by atoms with van der Waals surface area (Å²) in [6.07, 6.45) is 0. The first-order chi connectivity index (χ1) is 7.76. The van der Waals surface area contributed by atoms with E-state index in [2.05, 4.69) is 15.5 Å². The molecule has 7 heteroatoms. The maximum atomic E-state index is 12.1. The van der Waals surface area contributed by atoms with Crippen LogP contribution in [0.2, 0.25) is 0 Å². The van der Waals surface area contributed by atoms with Gasteiger partial charge in [0.15, 0.2) is 0 Å². The van der Waals surface area contributed by atoms with Gasteiger partial charge in [0.25, 0.3) is 0 Å². The molecule has 1 rings (SSSR count). The molecule has 1 aromatic heterocycles. The van der Waals surface area contributed by atoms with Crippen LogP contribution in [0.4, 0.5) is 0 Å². The standard InChI is InChI=1S/C10H20N4O2S/c1-7(2)11-6-9-10(8(3)12-13-9)17(15,16)14(4)5/h7,11H,6H2,1-5H3,(H,12,13). The molecule has 0 unspecified atom stereocenters. The summed E-state index contributed by atoms with van der Waals surface area (Å²) in [6.45, 7) is 6.14. The van der Waals surface area contributed by atoms with E-state index in [4.69, 9.17) is 0 Å². The Morgan fingerprint density at radius 1 is 1.41 bits per heavy atom. The number of nitrogens with one attached hydrogen (secondary N) is 2. The van der Waals surface area contributed by atoms with E-state index in [-0.39, 0.29) is 10.9 Å². The average Bonchev–Trinajstić information content (AvgIpc) is 2.56. The number of rotatable bonds is 5. The SMILES string of the molecule is Cc1[nH]nc(CNC(C)C)c1S(=O)(=O)N(C)C. The van der Waals surface area contributed by atoms with Gasteiger partial charge in [0, 0.05) is 26.7 Å². The zero-order chi connectivity index (χ0) is 13.2. The second-order valence-corrected chi connectivity index (χ2v) is 6.54. The van der Waals surface area contributed by atoms with Crippen molar-refractivity contribution in [2.75, 3.05) is 14.1 Å². The topological polar surface area (TPSA) is 78.1 Å². The molecule has 1 heterocycles. The molecular formula is C10H20N4O2S. The van der Waals surface area contributed by atoms with E-state index < -0.39 is 10.0 Å². The molecule has 0 atom stereocenters. The van der Waals surface area contributed by atoms with Gasteiger partial charge < -0.3 is 5.32 Å². The van der Waals surface area contributed by atoms with Crippen molar-refractivity contribution in [3.05, 3.63) is 11.4 Å². The highest BCUT2D eigenvalue weighted by Gasteiger charge is 2.26. The molecule has 0 saturated heterocycles. The molecular weight excluding hydrogens is 240 g/mol.